The van der Waals surface area contributed by atoms with Crippen LogP contribution in [0, 0.1) is 0 Å². The zero-order valence-corrected chi connectivity index (χ0v) is 24.3. The van der Waals surface area contributed by atoms with Crippen molar-refractivity contribution in [3.05, 3.63) is 18.7 Å². The maximum atomic E-state index is 10.9. The maximum Gasteiger partial charge on any atom is 2.00 e. The summed E-state index contributed by atoms with van der Waals surface area (Å²) < 4.78 is 39.9. The predicted molar refractivity (Wildman–Crippen MR) is 83.7 cm³/mol. The minimum absolute atomic E-state index is 0. The van der Waals surface area contributed by atoms with Gasteiger partial charge in [0.1, 0.15) is 0 Å². The van der Waals surface area contributed by atoms with E-state index in [-0.39, 0.29) is 113 Å². The minimum Gasteiger partial charge on any atom is -0.822 e. The summed E-state index contributed by atoms with van der Waals surface area (Å²) in [5.74, 6) is 0. The third-order valence-corrected chi connectivity index (χ3v) is 5.60. The first kappa shape index (κ1) is 42.6. The second-order valence-corrected chi connectivity index (χ2v) is 9.79. The first-order chi connectivity index (χ1) is 11.1. The van der Waals surface area contributed by atoms with Crippen molar-refractivity contribution in [3.8, 4) is 0 Å². The SMILES string of the molecule is O=P(O)(O)C(O)(Cn1ccnc1)P(=O)(O)O.O=P([O-])([O-])[O-].O=P([O-])([O-])[O-].[Ca+2].[Ca+2].[Ca+2]. The van der Waals surface area contributed by atoms with Gasteiger partial charge in [-0.25, -0.2) is 4.98 Å². The summed E-state index contributed by atoms with van der Waals surface area (Å²) in [7, 11) is -21.6. The molecule has 0 amide bonds. The summed E-state index contributed by atoms with van der Waals surface area (Å²) in [6.45, 7) is -0.957. The molecular formula is C5H10Ca3N2O15P4. The Morgan fingerprint density at radius 3 is 1.24 bits per heavy atom. The van der Waals surface area contributed by atoms with E-state index in [1.165, 1.54) is 12.4 Å². The standard InChI is InChI=1S/C5H10N2O7P2.3Ca.2H3O4P/c8-5(15(9,10)11,16(12,13)14)3-7-2-1-6-4-7;;;;2*1-5(2,3)4/h1-2,4,8H,3H2,(H2,9,10,11)(H2,12,13,14);;;;2*(H3,1,2,3,4)/q;3*+2;;/p-6. The quantitative estimate of drug-likeness (QED) is 0.162. The van der Waals surface area contributed by atoms with Crippen LogP contribution < -0.4 is 29.4 Å². The second kappa shape index (κ2) is 17.0. The van der Waals surface area contributed by atoms with Crippen LogP contribution in [0.1, 0.15) is 0 Å². The molecule has 0 fully saturated rings. The van der Waals surface area contributed by atoms with Crippen LogP contribution in [-0.2, 0) is 24.8 Å². The molecule has 0 atom stereocenters. The molecule has 17 nitrogen and oxygen atoms in total. The smallest absolute Gasteiger partial charge is 0.822 e. The molecule has 0 aliphatic rings. The van der Waals surface area contributed by atoms with Gasteiger partial charge in [0.25, 0.3) is 5.08 Å². The van der Waals surface area contributed by atoms with Crippen molar-refractivity contribution >= 4 is 144 Å². The molecule has 0 bridgehead atoms. The largest absolute Gasteiger partial charge is 2.00 e. The number of aromatic nitrogens is 2. The minimum atomic E-state index is -5.41. The van der Waals surface area contributed by atoms with Gasteiger partial charge in [-0.05, 0) is 0 Å². The zero-order chi connectivity index (χ0) is 21.6. The Bertz CT molecular complexity index is 677. The van der Waals surface area contributed by atoms with Crippen molar-refractivity contribution in [2.24, 2.45) is 0 Å². The Balaban J connectivity index is -0.000000125. The van der Waals surface area contributed by atoms with Gasteiger partial charge in [0.2, 0.25) is 0 Å². The second-order valence-electron chi connectivity index (χ2n) is 3.99. The van der Waals surface area contributed by atoms with E-state index >= 15 is 0 Å². The molecule has 0 aliphatic carbocycles. The molecule has 0 spiro atoms. The Kier molecular flexibility index (Phi) is 25.0. The van der Waals surface area contributed by atoms with Gasteiger partial charge in [0, 0.05) is 12.4 Å². The summed E-state index contributed by atoms with van der Waals surface area (Å²) in [5, 5.41) is 6.04. The van der Waals surface area contributed by atoms with Crippen LogP contribution >= 0.6 is 30.8 Å². The van der Waals surface area contributed by atoms with E-state index in [9.17, 15) is 14.2 Å². The van der Waals surface area contributed by atoms with Crippen LogP contribution in [0.15, 0.2) is 18.7 Å². The van der Waals surface area contributed by atoms with Gasteiger partial charge in [-0.1, -0.05) is 0 Å². The van der Waals surface area contributed by atoms with Gasteiger partial charge in [0.05, 0.1) is 12.9 Å². The average molecular weight is 582 g/mol. The van der Waals surface area contributed by atoms with Crippen molar-refractivity contribution in [2.45, 2.75) is 11.6 Å². The maximum absolute atomic E-state index is 10.9. The number of rotatable bonds is 4. The van der Waals surface area contributed by atoms with E-state index < -0.39 is 42.5 Å². The first-order valence-electron chi connectivity index (χ1n) is 5.33. The third-order valence-electron chi connectivity index (χ3n) is 1.89. The molecule has 1 aromatic heterocycles. The molecule has 0 radical (unpaired) electrons. The number of hydrogen-bond acceptors (Lipinski definition) is 12. The van der Waals surface area contributed by atoms with Gasteiger partial charge < -0.3 is 67.7 Å². The molecule has 0 unspecified atom stereocenters. The summed E-state index contributed by atoms with van der Waals surface area (Å²) in [6.07, 6.45) is 3.51. The Morgan fingerprint density at radius 1 is 0.793 bits per heavy atom. The van der Waals surface area contributed by atoms with Crippen molar-refractivity contribution in [3.63, 3.8) is 0 Å². The van der Waals surface area contributed by atoms with E-state index in [1.807, 2.05) is 0 Å². The van der Waals surface area contributed by atoms with E-state index in [0.717, 1.165) is 10.9 Å². The Labute approximate surface area is 252 Å². The number of phosphoric acid groups is 2. The van der Waals surface area contributed by atoms with Crippen LogP contribution in [0.2, 0.25) is 0 Å². The summed E-state index contributed by atoms with van der Waals surface area (Å²) >= 11 is 0. The molecular weight excluding hydrogens is 572 g/mol. The normalized spacial score (nSPS) is 11.8. The van der Waals surface area contributed by atoms with Crippen LogP contribution in [0.4, 0.5) is 0 Å². The average Bonchev–Trinajstić information content (AvgIpc) is 2.73. The topological polar surface area (TPSA) is 326 Å². The Hall–Kier alpha value is 3.47. The van der Waals surface area contributed by atoms with Crippen LogP contribution in [0.5, 0.6) is 0 Å². The van der Waals surface area contributed by atoms with E-state index in [2.05, 4.69) is 4.98 Å². The third kappa shape index (κ3) is 24.4. The van der Waals surface area contributed by atoms with Crippen molar-refractivity contribution in [2.75, 3.05) is 0 Å². The predicted octanol–water partition coefficient (Wildman–Crippen LogP) is -7.91. The Morgan fingerprint density at radius 2 is 1.07 bits per heavy atom. The first-order valence-corrected chi connectivity index (χ1v) is 11.5. The number of imidazole rings is 1. The van der Waals surface area contributed by atoms with Crippen molar-refractivity contribution in [1.29, 1.82) is 0 Å². The molecule has 29 heavy (non-hydrogen) atoms. The fourth-order valence-corrected chi connectivity index (χ4v) is 3.03. The summed E-state index contributed by atoms with van der Waals surface area (Å²) in [5.41, 5.74) is 0. The fraction of sp³-hybridized carbons (Fsp3) is 0.400. The summed E-state index contributed by atoms with van der Waals surface area (Å²) in [4.78, 5) is 90.0. The molecule has 156 valence electrons. The molecule has 24 heteroatoms. The van der Waals surface area contributed by atoms with Gasteiger partial charge in [-0.2, -0.15) is 15.6 Å². The van der Waals surface area contributed by atoms with Gasteiger partial charge >= 0.3 is 128 Å². The molecule has 1 rings (SSSR count). The molecule has 5 N–H and O–H groups in total. The van der Waals surface area contributed by atoms with Crippen molar-refractivity contribution in [1.82, 2.24) is 9.55 Å². The molecule has 1 heterocycles. The van der Waals surface area contributed by atoms with E-state index in [4.69, 9.17) is 58.1 Å². The fourth-order valence-electron chi connectivity index (χ4n) is 0.979. The van der Waals surface area contributed by atoms with Crippen LogP contribution in [0.3, 0.4) is 0 Å². The van der Waals surface area contributed by atoms with Crippen LogP contribution in [0.25, 0.3) is 0 Å². The van der Waals surface area contributed by atoms with Gasteiger partial charge in [-0.3, -0.25) is 9.13 Å². The van der Waals surface area contributed by atoms with Gasteiger partial charge in [-0.15, -0.1) is 0 Å². The van der Waals surface area contributed by atoms with Crippen molar-refractivity contribution < 1.29 is 72.3 Å². The molecule has 1 aromatic rings. The number of aliphatic hydroxyl groups is 1. The number of hydrogen-bond donors (Lipinski definition) is 5. The van der Waals surface area contributed by atoms with Crippen LogP contribution in [-0.4, -0.2) is 153 Å². The molecule has 0 saturated carbocycles. The molecule has 0 aromatic carbocycles. The zero-order valence-electron chi connectivity index (χ0n) is 14.1. The molecule has 0 saturated heterocycles. The summed E-state index contributed by atoms with van der Waals surface area (Å²) in [6, 6.07) is 0. The monoisotopic (exact) mass is 582 g/mol. The van der Waals surface area contributed by atoms with E-state index in [1.54, 1.807) is 0 Å². The van der Waals surface area contributed by atoms with Gasteiger partial charge in [0.15, 0.2) is 0 Å². The number of nitrogens with zero attached hydrogens (tertiary/aromatic N) is 2. The molecule has 0 aliphatic heterocycles. The van der Waals surface area contributed by atoms with E-state index in [0.29, 0.717) is 0 Å².